The Bertz CT molecular complexity index is 866. The van der Waals surface area contributed by atoms with Crippen LogP contribution in [0.25, 0.3) is 0 Å². The lowest BCUT2D eigenvalue weighted by Crippen LogP contribution is -2.27. The van der Waals surface area contributed by atoms with Crippen LogP contribution in [0.2, 0.25) is 0 Å². The van der Waals surface area contributed by atoms with Crippen molar-refractivity contribution in [2.45, 2.75) is 47.0 Å². The molecule has 0 aliphatic rings. The van der Waals surface area contributed by atoms with Gasteiger partial charge in [-0.2, -0.15) is 0 Å². The molecule has 2 atom stereocenters. The summed E-state index contributed by atoms with van der Waals surface area (Å²) >= 11 is 0. The summed E-state index contributed by atoms with van der Waals surface area (Å²) in [5, 5.41) is 2.81. The normalized spacial score (nSPS) is 13.2. The van der Waals surface area contributed by atoms with Gasteiger partial charge < -0.3 is 10.1 Å². The molecule has 1 N–H and O–H groups in total. The molecule has 160 valence electrons. The number of benzene rings is 2. The van der Waals surface area contributed by atoms with Gasteiger partial charge >= 0.3 is 5.97 Å². The molecule has 0 aromatic heterocycles. The Kier molecular flexibility index (Phi) is 7.93. The zero-order valence-electron chi connectivity index (χ0n) is 18.4. The number of Topliss-reactive ketones (excluding diaryl/α,β-unsaturated/α-hetero) is 1. The molecular weight excluding hydrogens is 378 g/mol. The van der Waals surface area contributed by atoms with Gasteiger partial charge in [-0.25, -0.2) is 0 Å². The molecule has 5 heteroatoms. The predicted octanol–water partition coefficient (Wildman–Crippen LogP) is 5.23. The van der Waals surface area contributed by atoms with Crippen molar-refractivity contribution in [3.63, 3.8) is 0 Å². The van der Waals surface area contributed by atoms with E-state index in [1.165, 1.54) is 0 Å². The number of carbonyl (C=O) groups excluding carboxylic acids is 3. The highest BCUT2D eigenvalue weighted by Gasteiger charge is 2.28. The lowest BCUT2D eigenvalue weighted by atomic mass is 9.85. The maximum atomic E-state index is 12.7. The van der Waals surface area contributed by atoms with Gasteiger partial charge in [0.2, 0.25) is 5.91 Å². The molecule has 0 aliphatic carbocycles. The van der Waals surface area contributed by atoms with Gasteiger partial charge in [0, 0.05) is 16.7 Å². The molecular formula is C25H31NO4. The molecule has 0 aliphatic heterocycles. The van der Waals surface area contributed by atoms with Crippen molar-refractivity contribution in [3.05, 3.63) is 65.7 Å². The topological polar surface area (TPSA) is 72.5 Å². The number of hydrogen-bond acceptors (Lipinski definition) is 4. The maximum absolute atomic E-state index is 12.7. The summed E-state index contributed by atoms with van der Waals surface area (Å²) in [6, 6.07) is 16.1. The van der Waals surface area contributed by atoms with Gasteiger partial charge in [0.1, 0.15) is 0 Å². The molecule has 0 fully saturated rings. The highest BCUT2D eigenvalue weighted by atomic mass is 16.5. The van der Waals surface area contributed by atoms with Gasteiger partial charge in [-0.3, -0.25) is 14.4 Å². The van der Waals surface area contributed by atoms with Crippen LogP contribution in [-0.2, 0) is 14.3 Å². The minimum absolute atomic E-state index is 0.0979. The number of carbonyl (C=O) groups is 3. The zero-order chi connectivity index (χ0) is 22.3. The third-order valence-corrected chi connectivity index (χ3v) is 5.12. The van der Waals surface area contributed by atoms with Gasteiger partial charge in [-0.1, -0.05) is 71.4 Å². The van der Waals surface area contributed by atoms with E-state index in [0.717, 1.165) is 12.0 Å². The Hall–Kier alpha value is -2.95. The summed E-state index contributed by atoms with van der Waals surface area (Å²) in [5.74, 6) is -1.09. The fourth-order valence-corrected chi connectivity index (χ4v) is 2.96. The second-order valence-electron chi connectivity index (χ2n) is 8.59. The Labute approximate surface area is 178 Å². The van der Waals surface area contributed by atoms with E-state index in [9.17, 15) is 14.4 Å². The van der Waals surface area contributed by atoms with Crippen molar-refractivity contribution in [2.75, 3.05) is 11.9 Å². The summed E-state index contributed by atoms with van der Waals surface area (Å²) in [7, 11) is 0. The average molecular weight is 410 g/mol. The van der Waals surface area contributed by atoms with E-state index >= 15 is 0 Å². The molecule has 30 heavy (non-hydrogen) atoms. The van der Waals surface area contributed by atoms with Crippen LogP contribution in [0.3, 0.4) is 0 Å². The number of ketones is 1. The highest BCUT2D eigenvalue weighted by Crippen LogP contribution is 2.28. The monoisotopic (exact) mass is 409 g/mol. The fourth-order valence-electron chi connectivity index (χ4n) is 2.96. The number of hydrogen-bond donors (Lipinski definition) is 1. The van der Waals surface area contributed by atoms with Crippen LogP contribution in [0.5, 0.6) is 0 Å². The molecule has 5 nitrogen and oxygen atoms in total. The highest BCUT2D eigenvalue weighted by molar-refractivity contribution is 5.99. The van der Waals surface area contributed by atoms with Crippen LogP contribution in [0.4, 0.5) is 5.69 Å². The van der Waals surface area contributed by atoms with Gasteiger partial charge in [0.05, 0.1) is 5.92 Å². The summed E-state index contributed by atoms with van der Waals surface area (Å²) in [6.45, 7) is 9.21. The average Bonchev–Trinajstić information content (AvgIpc) is 2.72. The number of nitrogens with one attached hydrogen (secondary N) is 1. The van der Waals surface area contributed by atoms with Crippen molar-refractivity contribution >= 4 is 23.3 Å². The molecule has 1 amide bonds. The van der Waals surface area contributed by atoms with Crippen molar-refractivity contribution in [3.8, 4) is 0 Å². The van der Waals surface area contributed by atoms with Crippen LogP contribution in [0.1, 0.15) is 62.9 Å². The molecule has 2 rings (SSSR count). The second-order valence-corrected chi connectivity index (χ2v) is 8.59. The number of amides is 1. The summed E-state index contributed by atoms with van der Waals surface area (Å²) in [4.78, 5) is 37.3. The Balaban J connectivity index is 2.00. The molecule has 2 aromatic carbocycles. The summed E-state index contributed by atoms with van der Waals surface area (Å²) in [6.07, 6.45) is 0.824. The van der Waals surface area contributed by atoms with E-state index < -0.39 is 17.3 Å². The van der Waals surface area contributed by atoms with E-state index in [1.54, 1.807) is 24.3 Å². The van der Waals surface area contributed by atoms with E-state index in [1.807, 2.05) is 65.0 Å². The molecule has 0 saturated carbocycles. The number of ether oxygens (including phenoxy) is 1. The minimum atomic E-state index is -0.506. The second kappa shape index (κ2) is 10.2. The van der Waals surface area contributed by atoms with E-state index in [2.05, 4.69) is 5.32 Å². The van der Waals surface area contributed by atoms with Crippen LogP contribution >= 0.6 is 0 Å². The van der Waals surface area contributed by atoms with Gasteiger partial charge in [0.25, 0.3) is 0 Å². The van der Waals surface area contributed by atoms with Crippen molar-refractivity contribution in [2.24, 2.45) is 11.3 Å². The molecule has 0 radical (unpaired) electrons. The van der Waals surface area contributed by atoms with Crippen molar-refractivity contribution in [1.29, 1.82) is 0 Å². The lowest BCUT2D eigenvalue weighted by molar-refractivity contribution is -0.145. The van der Waals surface area contributed by atoms with Crippen LogP contribution < -0.4 is 5.32 Å². The first-order valence-corrected chi connectivity index (χ1v) is 10.3. The quantitative estimate of drug-likeness (QED) is 0.479. The van der Waals surface area contributed by atoms with Crippen molar-refractivity contribution < 1.29 is 19.1 Å². The van der Waals surface area contributed by atoms with Gasteiger partial charge in [0.15, 0.2) is 12.4 Å². The smallest absolute Gasteiger partial charge is 0.314 e. The van der Waals surface area contributed by atoms with Crippen LogP contribution in [-0.4, -0.2) is 24.3 Å². The fraction of sp³-hybridized carbons (Fsp3) is 0.400. The minimum Gasteiger partial charge on any atom is -0.457 e. The summed E-state index contributed by atoms with van der Waals surface area (Å²) < 4.78 is 5.38. The number of esters is 1. The van der Waals surface area contributed by atoms with E-state index in [-0.39, 0.29) is 24.2 Å². The van der Waals surface area contributed by atoms with E-state index in [4.69, 9.17) is 4.74 Å². The lowest BCUT2D eigenvalue weighted by Gasteiger charge is -2.21. The molecule has 0 saturated heterocycles. The van der Waals surface area contributed by atoms with E-state index in [0.29, 0.717) is 11.3 Å². The standard InChI is InChI=1S/C25H31NO4/c1-6-17(2)22(19-10-8-7-9-11-19)23(28)30-16-21(27)18-12-14-20(15-13-18)26-24(29)25(3,4)5/h7-15,17,22H,6,16H2,1-5H3,(H,26,29)/t17-,22-/m1/s1. The third kappa shape index (κ3) is 6.28. The van der Waals surface area contributed by atoms with Crippen molar-refractivity contribution in [1.82, 2.24) is 0 Å². The Morgan fingerprint density at radius 3 is 2.10 bits per heavy atom. The van der Waals surface area contributed by atoms with Gasteiger partial charge in [-0.05, 0) is 35.7 Å². The SMILES string of the molecule is CC[C@@H](C)[C@@H](C(=O)OCC(=O)c1ccc(NC(=O)C(C)(C)C)cc1)c1ccccc1. The molecule has 2 aromatic rings. The Morgan fingerprint density at radius 1 is 0.967 bits per heavy atom. The largest absolute Gasteiger partial charge is 0.457 e. The van der Waals surface area contributed by atoms with Crippen LogP contribution in [0.15, 0.2) is 54.6 Å². The number of rotatable bonds is 8. The first-order chi connectivity index (χ1) is 14.1. The summed E-state index contributed by atoms with van der Waals surface area (Å²) in [5.41, 5.74) is 1.43. The molecule has 0 heterocycles. The third-order valence-electron chi connectivity index (χ3n) is 5.12. The molecule has 0 unspecified atom stereocenters. The zero-order valence-corrected chi connectivity index (χ0v) is 18.4. The predicted molar refractivity (Wildman–Crippen MR) is 118 cm³/mol. The molecule has 0 spiro atoms. The Morgan fingerprint density at radius 2 is 1.57 bits per heavy atom. The van der Waals surface area contributed by atoms with Crippen LogP contribution in [0, 0.1) is 11.3 Å². The first kappa shape index (κ1) is 23.3. The first-order valence-electron chi connectivity index (χ1n) is 10.3. The maximum Gasteiger partial charge on any atom is 0.314 e. The van der Waals surface area contributed by atoms with Gasteiger partial charge in [-0.15, -0.1) is 0 Å². The molecule has 0 bridgehead atoms. The number of anilines is 1.